The van der Waals surface area contributed by atoms with Crippen molar-refractivity contribution in [2.24, 2.45) is 0 Å². The number of amides is 1. The van der Waals surface area contributed by atoms with Gasteiger partial charge in [0, 0.05) is 17.5 Å². The van der Waals surface area contributed by atoms with Crippen molar-refractivity contribution in [3.63, 3.8) is 0 Å². The van der Waals surface area contributed by atoms with E-state index in [9.17, 15) is 4.79 Å². The van der Waals surface area contributed by atoms with E-state index in [1.807, 2.05) is 47.0 Å². The Morgan fingerprint density at radius 3 is 2.67 bits per heavy atom. The average molecular weight is 306 g/mol. The fourth-order valence-electron chi connectivity index (χ4n) is 2.55. The summed E-state index contributed by atoms with van der Waals surface area (Å²) in [7, 11) is 0. The molecule has 116 valence electrons. The van der Waals surface area contributed by atoms with Crippen LogP contribution in [-0.4, -0.2) is 36.5 Å². The minimum atomic E-state index is 0.248. The van der Waals surface area contributed by atoms with Crippen LogP contribution in [0.1, 0.15) is 32.6 Å². The van der Waals surface area contributed by atoms with E-state index in [0.29, 0.717) is 11.0 Å². The molecule has 0 atom stereocenters. The molecule has 0 unspecified atom stereocenters. The third-order valence-electron chi connectivity index (χ3n) is 3.83. The molecule has 0 bridgehead atoms. The number of rotatable bonds is 7. The van der Waals surface area contributed by atoms with Crippen LogP contribution >= 0.6 is 11.8 Å². The third-order valence-corrected chi connectivity index (χ3v) is 5.19. The molecule has 1 saturated heterocycles. The van der Waals surface area contributed by atoms with E-state index in [0.717, 1.165) is 38.2 Å². The molecular formula is C17H26N2OS. The van der Waals surface area contributed by atoms with Gasteiger partial charge in [0.15, 0.2) is 0 Å². The summed E-state index contributed by atoms with van der Waals surface area (Å²) in [6, 6.07) is 10.1. The predicted octanol–water partition coefficient (Wildman–Crippen LogP) is 3.30. The lowest BCUT2D eigenvalue weighted by Crippen LogP contribution is -2.35. The second kappa shape index (κ2) is 9.11. The molecule has 0 aromatic heterocycles. The SMILES string of the molecule is CCCCN(C(=O)CSC1CCNCC1)c1ccccc1. The van der Waals surface area contributed by atoms with E-state index in [1.165, 1.54) is 12.8 Å². The van der Waals surface area contributed by atoms with Gasteiger partial charge < -0.3 is 10.2 Å². The number of thioether (sulfide) groups is 1. The van der Waals surface area contributed by atoms with E-state index in [-0.39, 0.29) is 5.91 Å². The Kier molecular flexibility index (Phi) is 7.10. The lowest BCUT2D eigenvalue weighted by molar-refractivity contribution is -0.116. The van der Waals surface area contributed by atoms with E-state index in [4.69, 9.17) is 0 Å². The topological polar surface area (TPSA) is 32.3 Å². The highest BCUT2D eigenvalue weighted by Crippen LogP contribution is 2.22. The van der Waals surface area contributed by atoms with Crippen molar-refractivity contribution in [3.05, 3.63) is 30.3 Å². The van der Waals surface area contributed by atoms with Gasteiger partial charge in [0.1, 0.15) is 0 Å². The van der Waals surface area contributed by atoms with E-state index in [2.05, 4.69) is 12.2 Å². The fraction of sp³-hybridized carbons (Fsp3) is 0.588. The van der Waals surface area contributed by atoms with Crippen LogP contribution in [0.2, 0.25) is 0 Å². The van der Waals surface area contributed by atoms with Gasteiger partial charge in [-0.3, -0.25) is 4.79 Å². The Balaban J connectivity index is 1.90. The smallest absolute Gasteiger partial charge is 0.236 e. The van der Waals surface area contributed by atoms with Crippen LogP contribution in [0.5, 0.6) is 0 Å². The van der Waals surface area contributed by atoms with Crippen LogP contribution in [0, 0.1) is 0 Å². The van der Waals surface area contributed by atoms with Crippen molar-refractivity contribution < 1.29 is 4.79 Å². The molecule has 1 aliphatic heterocycles. The zero-order valence-electron chi connectivity index (χ0n) is 12.9. The Hall–Kier alpha value is -1.00. The molecule has 2 rings (SSSR count). The molecule has 1 fully saturated rings. The van der Waals surface area contributed by atoms with E-state index in [1.54, 1.807) is 0 Å². The number of unbranched alkanes of at least 4 members (excludes halogenated alkanes) is 1. The molecule has 1 aliphatic rings. The maximum Gasteiger partial charge on any atom is 0.236 e. The molecule has 1 aromatic rings. The normalized spacial score (nSPS) is 15.9. The van der Waals surface area contributed by atoms with Gasteiger partial charge in [0.05, 0.1) is 5.75 Å². The first-order valence-electron chi connectivity index (χ1n) is 7.99. The summed E-state index contributed by atoms with van der Waals surface area (Å²) in [4.78, 5) is 14.5. The summed E-state index contributed by atoms with van der Waals surface area (Å²) in [5.74, 6) is 0.849. The number of benzene rings is 1. The third kappa shape index (κ3) is 5.36. The van der Waals surface area contributed by atoms with Crippen LogP contribution in [0.3, 0.4) is 0 Å². The van der Waals surface area contributed by atoms with Crippen LogP contribution in [0.4, 0.5) is 5.69 Å². The maximum absolute atomic E-state index is 12.6. The quantitative estimate of drug-likeness (QED) is 0.839. The van der Waals surface area contributed by atoms with Gasteiger partial charge in [-0.25, -0.2) is 0 Å². The average Bonchev–Trinajstić information content (AvgIpc) is 2.55. The van der Waals surface area contributed by atoms with Gasteiger partial charge in [-0.05, 0) is 44.5 Å². The first-order valence-corrected chi connectivity index (χ1v) is 9.04. The lowest BCUT2D eigenvalue weighted by Gasteiger charge is -2.25. The number of nitrogens with zero attached hydrogens (tertiary/aromatic N) is 1. The number of para-hydroxylation sites is 1. The summed E-state index contributed by atoms with van der Waals surface area (Å²) >= 11 is 1.83. The Labute approximate surface area is 132 Å². The van der Waals surface area contributed by atoms with Crippen molar-refractivity contribution in [3.8, 4) is 0 Å². The van der Waals surface area contributed by atoms with Gasteiger partial charge in [-0.1, -0.05) is 31.5 Å². The Bertz CT molecular complexity index is 418. The van der Waals surface area contributed by atoms with Crippen LogP contribution in [0.25, 0.3) is 0 Å². The van der Waals surface area contributed by atoms with Crippen molar-refractivity contribution in [1.29, 1.82) is 0 Å². The van der Waals surface area contributed by atoms with E-state index >= 15 is 0 Å². The number of anilines is 1. The molecule has 4 heteroatoms. The first-order chi connectivity index (χ1) is 10.3. The molecule has 1 aromatic carbocycles. The molecule has 21 heavy (non-hydrogen) atoms. The summed E-state index contributed by atoms with van der Waals surface area (Å²) < 4.78 is 0. The Morgan fingerprint density at radius 2 is 2.00 bits per heavy atom. The largest absolute Gasteiger partial charge is 0.317 e. The highest BCUT2D eigenvalue weighted by molar-refractivity contribution is 8.00. The van der Waals surface area contributed by atoms with Gasteiger partial charge in [0.2, 0.25) is 5.91 Å². The second-order valence-corrected chi connectivity index (χ2v) is 6.78. The van der Waals surface area contributed by atoms with Crippen molar-refractivity contribution in [1.82, 2.24) is 5.32 Å². The monoisotopic (exact) mass is 306 g/mol. The molecule has 1 N–H and O–H groups in total. The first kappa shape index (κ1) is 16.4. The minimum absolute atomic E-state index is 0.248. The molecule has 0 saturated carbocycles. The highest BCUT2D eigenvalue weighted by atomic mass is 32.2. The standard InChI is InChI=1S/C17H26N2OS/c1-2-3-13-19(15-7-5-4-6-8-15)17(20)14-21-16-9-11-18-12-10-16/h4-8,16,18H,2-3,9-14H2,1H3. The minimum Gasteiger partial charge on any atom is -0.317 e. The number of carbonyl (C=O) groups excluding carboxylic acids is 1. The zero-order chi connectivity index (χ0) is 14.9. The molecule has 3 nitrogen and oxygen atoms in total. The summed E-state index contributed by atoms with van der Waals surface area (Å²) in [5.41, 5.74) is 1.03. The molecule has 1 amide bonds. The number of nitrogens with one attached hydrogen (secondary N) is 1. The van der Waals surface area contributed by atoms with Gasteiger partial charge in [0.25, 0.3) is 0 Å². The van der Waals surface area contributed by atoms with Gasteiger partial charge >= 0.3 is 0 Å². The lowest BCUT2D eigenvalue weighted by atomic mass is 10.2. The Morgan fingerprint density at radius 1 is 1.29 bits per heavy atom. The van der Waals surface area contributed by atoms with Gasteiger partial charge in [-0.15, -0.1) is 11.8 Å². The molecular weight excluding hydrogens is 280 g/mol. The number of carbonyl (C=O) groups is 1. The number of piperidine rings is 1. The molecule has 1 heterocycles. The summed E-state index contributed by atoms with van der Waals surface area (Å²) in [6.45, 7) is 5.16. The summed E-state index contributed by atoms with van der Waals surface area (Å²) in [6.07, 6.45) is 4.52. The maximum atomic E-state index is 12.6. The van der Waals surface area contributed by atoms with Crippen molar-refractivity contribution in [2.75, 3.05) is 30.3 Å². The van der Waals surface area contributed by atoms with Crippen molar-refractivity contribution >= 4 is 23.4 Å². The number of hydrogen-bond acceptors (Lipinski definition) is 3. The van der Waals surface area contributed by atoms with E-state index < -0.39 is 0 Å². The molecule has 0 aliphatic carbocycles. The van der Waals surface area contributed by atoms with Crippen molar-refractivity contribution in [2.45, 2.75) is 37.9 Å². The molecule has 0 radical (unpaired) electrons. The molecule has 0 spiro atoms. The number of hydrogen-bond donors (Lipinski definition) is 1. The van der Waals surface area contributed by atoms with Crippen LogP contribution in [-0.2, 0) is 4.79 Å². The predicted molar refractivity (Wildman–Crippen MR) is 92.1 cm³/mol. The second-order valence-electron chi connectivity index (χ2n) is 5.49. The van der Waals surface area contributed by atoms with Gasteiger partial charge in [-0.2, -0.15) is 0 Å². The van der Waals surface area contributed by atoms with Crippen LogP contribution < -0.4 is 10.2 Å². The fourth-order valence-corrected chi connectivity index (χ4v) is 3.65. The highest BCUT2D eigenvalue weighted by Gasteiger charge is 2.19. The summed E-state index contributed by atoms with van der Waals surface area (Å²) in [5, 5.41) is 4.01. The van der Waals surface area contributed by atoms with Crippen LogP contribution in [0.15, 0.2) is 30.3 Å². The zero-order valence-corrected chi connectivity index (χ0v) is 13.7.